The van der Waals surface area contributed by atoms with Crippen molar-refractivity contribution in [1.82, 2.24) is 15.1 Å². The van der Waals surface area contributed by atoms with Gasteiger partial charge in [-0.05, 0) is 50.0 Å². The first-order chi connectivity index (χ1) is 12.4. The maximum atomic E-state index is 13.3. The lowest BCUT2D eigenvalue weighted by Gasteiger charge is -2.30. The van der Waals surface area contributed by atoms with Gasteiger partial charge in [0.25, 0.3) is 0 Å². The summed E-state index contributed by atoms with van der Waals surface area (Å²) in [5, 5.41) is 3.98. The average Bonchev–Trinajstić information content (AvgIpc) is 3.26. The second-order valence-corrected chi connectivity index (χ2v) is 8.45. The van der Waals surface area contributed by atoms with Gasteiger partial charge in [-0.15, -0.1) is 0 Å². The van der Waals surface area contributed by atoms with E-state index in [0.717, 1.165) is 24.6 Å². The Bertz CT molecular complexity index is 655. The van der Waals surface area contributed by atoms with E-state index in [9.17, 15) is 4.39 Å². The fourth-order valence-electron chi connectivity index (χ4n) is 4.10. The summed E-state index contributed by atoms with van der Waals surface area (Å²) < 4.78 is 13.3. The molecule has 0 radical (unpaired) electrons. The zero-order valence-corrected chi connectivity index (χ0v) is 16.8. The van der Waals surface area contributed by atoms with Gasteiger partial charge >= 0.3 is 0 Å². The second-order valence-electron chi connectivity index (χ2n) is 8.04. The first-order valence-electron chi connectivity index (χ1n) is 9.56. The van der Waals surface area contributed by atoms with E-state index >= 15 is 0 Å². The molecular formula is C20H30ClFN4. The van der Waals surface area contributed by atoms with Crippen molar-refractivity contribution in [3.8, 4) is 0 Å². The lowest BCUT2D eigenvalue weighted by atomic mass is 9.84. The van der Waals surface area contributed by atoms with Crippen molar-refractivity contribution in [2.75, 3.05) is 39.8 Å². The fraction of sp³-hybridized carbons (Fsp3) is 0.650. The molecule has 0 amide bonds. The summed E-state index contributed by atoms with van der Waals surface area (Å²) in [5.74, 6) is 0.640. The molecule has 0 spiro atoms. The van der Waals surface area contributed by atoms with E-state index in [-0.39, 0.29) is 11.2 Å². The van der Waals surface area contributed by atoms with Crippen LogP contribution >= 0.6 is 11.6 Å². The number of likely N-dealkylation sites (tertiary alicyclic amines) is 2. The zero-order chi connectivity index (χ0) is 18.7. The Morgan fingerprint density at radius 2 is 2.04 bits per heavy atom. The maximum absolute atomic E-state index is 13.3. The molecule has 144 valence electrons. The molecule has 26 heavy (non-hydrogen) atoms. The summed E-state index contributed by atoms with van der Waals surface area (Å²) in [4.78, 5) is 9.46. The number of rotatable bonds is 4. The SMILES string of the molecule is CN=C(NCC(C)(C)c1ccc(F)cc1Cl)N1CCC(N2CCCC2)C1. The van der Waals surface area contributed by atoms with Gasteiger partial charge in [0, 0.05) is 43.2 Å². The molecule has 4 nitrogen and oxygen atoms in total. The van der Waals surface area contributed by atoms with Crippen LogP contribution in [0.5, 0.6) is 0 Å². The third-order valence-electron chi connectivity index (χ3n) is 5.68. The van der Waals surface area contributed by atoms with E-state index in [1.165, 1.54) is 44.5 Å². The van der Waals surface area contributed by atoms with E-state index in [1.807, 2.05) is 7.05 Å². The van der Waals surface area contributed by atoms with Crippen LogP contribution in [0, 0.1) is 5.82 Å². The van der Waals surface area contributed by atoms with Crippen molar-refractivity contribution >= 4 is 17.6 Å². The number of nitrogens with one attached hydrogen (secondary N) is 1. The van der Waals surface area contributed by atoms with Crippen molar-refractivity contribution in [1.29, 1.82) is 0 Å². The van der Waals surface area contributed by atoms with Crippen LogP contribution in [-0.4, -0.2) is 61.6 Å². The van der Waals surface area contributed by atoms with Crippen molar-refractivity contribution in [3.05, 3.63) is 34.6 Å². The van der Waals surface area contributed by atoms with Crippen LogP contribution < -0.4 is 5.32 Å². The number of nitrogens with zero attached hydrogens (tertiary/aromatic N) is 3. The molecule has 6 heteroatoms. The lowest BCUT2D eigenvalue weighted by molar-refractivity contribution is 0.249. The molecule has 2 saturated heterocycles. The maximum Gasteiger partial charge on any atom is 0.193 e. The fourth-order valence-corrected chi connectivity index (χ4v) is 4.53. The van der Waals surface area contributed by atoms with E-state index in [2.05, 4.69) is 34.0 Å². The van der Waals surface area contributed by atoms with Crippen LogP contribution in [0.15, 0.2) is 23.2 Å². The Balaban J connectivity index is 1.60. The van der Waals surface area contributed by atoms with Crippen molar-refractivity contribution in [2.24, 2.45) is 4.99 Å². The summed E-state index contributed by atoms with van der Waals surface area (Å²) in [7, 11) is 1.84. The van der Waals surface area contributed by atoms with Crippen molar-refractivity contribution < 1.29 is 4.39 Å². The van der Waals surface area contributed by atoms with E-state index in [1.54, 1.807) is 6.07 Å². The van der Waals surface area contributed by atoms with Gasteiger partial charge in [0.1, 0.15) is 5.82 Å². The minimum atomic E-state index is -0.302. The molecule has 1 N–H and O–H groups in total. The van der Waals surface area contributed by atoms with Crippen LogP contribution in [0.4, 0.5) is 4.39 Å². The predicted molar refractivity (Wildman–Crippen MR) is 107 cm³/mol. The molecule has 0 bridgehead atoms. The smallest absolute Gasteiger partial charge is 0.193 e. The third kappa shape index (κ3) is 4.32. The number of aliphatic imine (C=N–C) groups is 1. The molecule has 0 aromatic heterocycles. The van der Waals surface area contributed by atoms with Gasteiger partial charge in [-0.25, -0.2) is 4.39 Å². The van der Waals surface area contributed by atoms with Crippen LogP contribution in [0.1, 0.15) is 38.7 Å². The largest absolute Gasteiger partial charge is 0.355 e. The molecule has 0 saturated carbocycles. The number of halogens is 2. The Morgan fingerprint density at radius 1 is 1.31 bits per heavy atom. The first kappa shape index (κ1) is 19.4. The van der Waals surface area contributed by atoms with E-state index in [4.69, 9.17) is 11.6 Å². The number of hydrogen-bond acceptors (Lipinski definition) is 2. The van der Waals surface area contributed by atoms with Gasteiger partial charge in [0.05, 0.1) is 0 Å². The Morgan fingerprint density at radius 3 is 2.69 bits per heavy atom. The molecular weight excluding hydrogens is 351 g/mol. The van der Waals surface area contributed by atoms with Crippen molar-refractivity contribution in [2.45, 2.75) is 44.6 Å². The highest BCUT2D eigenvalue weighted by atomic mass is 35.5. The topological polar surface area (TPSA) is 30.9 Å². The van der Waals surface area contributed by atoms with Gasteiger partial charge < -0.3 is 10.2 Å². The molecule has 1 aromatic carbocycles. The minimum absolute atomic E-state index is 0.227. The van der Waals surface area contributed by atoms with Crippen LogP contribution in [0.25, 0.3) is 0 Å². The highest BCUT2D eigenvalue weighted by Gasteiger charge is 2.31. The van der Waals surface area contributed by atoms with Gasteiger partial charge in [-0.2, -0.15) is 0 Å². The first-order valence-corrected chi connectivity index (χ1v) is 9.94. The van der Waals surface area contributed by atoms with E-state index < -0.39 is 0 Å². The molecule has 0 aliphatic carbocycles. The standard InChI is InChI=1S/C20H30ClFN4/c1-20(2,17-7-6-15(22)12-18(17)21)14-24-19(23-3)26-11-8-16(13-26)25-9-4-5-10-25/h6-7,12,16H,4-5,8-11,13-14H2,1-3H3,(H,23,24). The quantitative estimate of drug-likeness (QED) is 0.640. The average molecular weight is 381 g/mol. The zero-order valence-electron chi connectivity index (χ0n) is 16.1. The minimum Gasteiger partial charge on any atom is -0.355 e. The summed E-state index contributed by atoms with van der Waals surface area (Å²) in [5.41, 5.74) is 0.717. The molecule has 2 aliphatic rings. The summed E-state index contributed by atoms with van der Waals surface area (Å²) >= 11 is 6.27. The molecule has 2 fully saturated rings. The lowest BCUT2D eigenvalue weighted by Crippen LogP contribution is -2.46. The number of hydrogen-bond donors (Lipinski definition) is 1. The highest BCUT2D eigenvalue weighted by molar-refractivity contribution is 6.31. The Labute approximate surface area is 161 Å². The third-order valence-corrected chi connectivity index (χ3v) is 5.99. The van der Waals surface area contributed by atoms with Crippen LogP contribution in [0.2, 0.25) is 5.02 Å². The Kier molecular flexibility index (Phi) is 6.08. The van der Waals surface area contributed by atoms with Gasteiger partial charge in [-0.1, -0.05) is 31.5 Å². The normalized spacial score (nSPS) is 22.3. The summed E-state index contributed by atoms with van der Waals surface area (Å²) in [6, 6.07) is 5.28. The Hall–Kier alpha value is -1.33. The van der Waals surface area contributed by atoms with Gasteiger partial charge in [-0.3, -0.25) is 9.89 Å². The molecule has 1 unspecified atom stereocenters. The molecule has 2 heterocycles. The van der Waals surface area contributed by atoms with Gasteiger partial charge in [0.2, 0.25) is 0 Å². The van der Waals surface area contributed by atoms with Crippen LogP contribution in [0.3, 0.4) is 0 Å². The van der Waals surface area contributed by atoms with Crippen molar-refractivity contribution in [3.63, 3.8) is 0 Å². The molecule has 3 rings (SSSR count). The molecule has 1 aromatic rings. The summed E-state index contributed by atoms with van der Waals surface area (Å²) in [6.07, 6.45) is 3.86. The molecule has 1 atom stereocenters. The highest BCUT2D eigenvalue weighted by Crippen LogP contribution is 2.30. The monoisotopic (exact) mass is 380 g/mol. The number of benzene rings is 1. The summed E-state index contributed by atoms with van der Waals surface area (Å²) in [6.45, 7) is 9.47. The number of guanidine groups is 1. The predicted octanol–water partition coefficient (Wildman–Crippen LogP) is 3.50. The molecule has 2 aliphatic heterocycles. The van der Waals surface area contributed by atoms with Crippen LogP contribution in [-0.2, 0) is 5.41 Å². The van der Waals surface area contributed by atoms with E-state index in [0.29, 0.717) is 17.6 Å². The second kappa shape index (κ2) is 8.13. The van der Waals surface area contributed by atoms with Gasteiger partial charge in [0.15, 0.2) is 5.96 Å².